The zero-order valence-electron chi connectivity index (χ0n) is 9.19. The molecule has 2 N–H and O–H groups in total. The highest BCUT2D eigenvalue weighted by molar-refractivity contribution is 5.31. The van der Waals surface area contributed by atoms with E-state index in [1.807, 2.05) is 19.9 Å². The van der Waals surface area contributed by atoms with Crippen LogP contribution in [0, 0.1) is 13.8 Å². The maximum Gasteiger partial charge on any atom is 0.122 e. The third kappa shape index (κ3) is 1.63. The smallest absolute Gasteiger partial charge is 0.122 e. The summed E-state index contributed by atoms with van der Waals surface area (Å²) in [6.07, 6.45) is 1.70. The number of aromatic nitrogens is 2. The predicted molar refractivity (Wildman–Crippen MR) is 58.6 cm³/mol. The number of aryl methyl sites for hydroxylation is 2. The van der Waals surface area contributed by atoms with Crippen LogP contribution in [-0.4, -0.2) is 9.78 Å². The first-order chi connectivity index (χ1) is 7.09. The number of nitrogen functional groups attached to an aromatic ring is 1. The van der Waals surface area contributed by atoms with Crippen LogP contribution in [-0.2, 0) is 0 Å². The maximum absolute atomic E-state index is 5.81. The minimum Gasteiger partial charge on any atom is -0.466 e. The molecule has 0 aromatic carbocycles. The number of rotatable bonds is 2. The molecule has 0 saturated carbocycles. The fourth-order valence-corrected chi connectivity index (χ4v) is 1.85. The lowest BCUT2D eigenvalue weighted by molar-refractivity contribution is 0.489. The quantitative estimate of drug-likeness (QED) is 0.818. The summed E-state index contributed by atoms with van der Waals surface area (Å²) in [4.78, 5) is 0. The molecule has 15 heavy (non-hydrogen) atoms. The maximum atomic E-state index is 5.81. The van der Waals surface area contributed by atoms with Crippen molar-refractivity contribution < 1.29 is 4.42 Å². The number of nitrogens with zero attached hydrogens (tertiary/aromatic N) is 2. The first kappa shape index (κ1) is 9.83. The van der Waals surface area contributed by atoms with Gasteiger partial charge in [-0.25, -0.2) is 4.68 Å². The van der Waals surface area contributed by atoms with Crippen molar-refractivity contribution in [2.24, 2.45) is 0 Å². The number of hydrogen-bond acceptors (Lipinski definition) is 3. The summed E-state index contributed by atoms with van der Waals surface area (Å²) in [6.45, 7) is 5.95. The van der Waals surface area contributed by atoms with Gasteiger partial charge in [0.25, 0.3) is 0 Å². The molecule has 0 amide bonds. The summed E-state index contributed by atoms with van der Waals surface area (Å²) >= 11 is 0. The summed E-state index contributed by atoms with van der Waals surface area (Å²) in [6, 6.07) is 3.93. The molecule has 2 aromatic heterocycles. The Labute approximate surface area is 88.7 Å². The Morgan fingerprint density at radius 2 is 2.20 bits per heavy atom. The molecular weight excluding hydrogens is 190 g/mol. The second-order valence-corrected chi connectivity index (χ2v) is 3.75. The lowest BCUT2D eigenvalue weighted by atomic mass is 10.1. The molecule has 4 heteroatoms. The van der Waals surface area contributed by atoms with Crippen molar-refractivity contribution in [2.75, 3.05) is 5.73 Å². The van der Waals surface area contributed by atoms with Crippen molar-refractivity contribution >= 4 is 5.82 Å². The molecule has 0 spiro atoms. The van der Waals surface area contributed by atoms with Gasteiger partial charge in [-0.05, 0) is 32.9 Å². The van der Waals surface area contributed by atoms with Crippen molar-refractivity contribution in [2.45, 2.75) is 26.8 Å². The zero-order chi connectivity index (χ0) is 11.0. The molecule has 80 valence electrons. The first-order valence-electron chi connectivity index (χ1n) is 4.95. The normalized spacial score (nSPS) is 13.0. The highest BCUT2D eigenvalue weighted by Gasteiger charge is 2.16. The summed E-state index contributed by atoms with van der Waals surface area (Å²) < 4.78 is 7.28. The Kier molecular flexibility index (Phi) is 2.26. The number of nitrogens with two attached hydrogens (primary N) is 1. The Balaban J connectivity index is 2.40. The van der Waals surface area contributed by atoms with Crippen molar-refractivity contribution in [1.82, 2.24) is 9.78 Å². The van der Waals surface area contributed by atoms with Gasteiger partial charge in [0, 0.05) is 5.56 Å². The van der Waals surface area contributed by atoms with Gasteiger partial charge in [-0.15, -0.1) is 0 Å². The molecule has 1 atom stereocenters. The van der Waals surface area contributed by atoms with Gasteiger partial charge in [-0.1, -0.05) is 0 Å². The van der Waals surface area contributed by atoms with Gasteiger partial charge < -0.3 is 10.2 Å². The van der Waals surface area contributed by atoms with Crippen molar-refractivity contribution in [1.29, 1.82) is 0 Å². The third-order valence-electron chi connectivity index (χ3n) is 2.60. The van der Waals surface area contributed by atoms with E-state index in [2.05, 4.69) is 12.0 Å². The van der Waals surface area contributed by atoms with E-state index in [9.17, 15) is 0 Å². The number of hydrogen-bond donors (Lipinski definition) is 1. The average molecular weight is 205 g/mol. The van der Waals surface area contributed by atoms with Gasteiger partial charge in [0.1, 0.15) is 17.3 Å². The van der Waals surface area contributed by atoms with Crippen LogP contribution in [0.15, 0.2) is 22.7 Å². The van der Waals surface area contributed by atoms with Gasteiger partial charge in [-0.3, -0.25) is 0 Å². The molecule has 2 aromatic rings. The highest BCUT2D eigenvalue weighted by atomic mass is 16.3. The Bertz CT molecular complexity index is 470. The summed E-state index contributed by atoms with van der Waals surface area (Å²) in [7, 11) is 0. The molecule has 0 aliphatic carbocycles. The molecule has 0 fully saturated rings. The molecule has 2 rings (SSSR count). The van der Waals surface area contributed by atoms with Crippen LogP contribution < -0.4 is 5.73 Å². The van der Waals surface area contributed by atoms with Crippen LogP contribution in [0.5, 0.6) is 0 Å². The van der Waals surface area contributed by atoms with Gasteiger partial charge in [0.15, 0.2) is 0 Å². The SMILES string of the molecule is Cc1cc(C(C)n2nccc2N)c(C)o1. The monoisotopic (exact) mass is 205 g/mol. The van der Waals surface area contributed by atoms with E-state index in [0.29, 0.717) is 5.82 Å². The van der Waals surface area contributed by atoms with Gasteiger partial charge in [0.05, 0.1) is 12.2 Å². The van der Waals surface area contributed by atoms with E-state index in [0.717, 1.165) is 17.1 Å². The second-order valence-electron chi connectivity index (χ2n) is 3.75. The molecule has 1 unspecified atom stereocenters. The largest absolute Gasteiger partial charge is 0.466 e. The third-order valence-corrected chi connectivity index (χ3v) is 2.60. The lowest BCUT2D eigenvalue weighted by Crippen LogP contribution is -2.11. The summed E-state index contributed by atoms with van der Waals surface area (Å²) in [5, 5.41) is 4.19. The molecule has 2 heterocycles. The van der Waals surface area contributed by atoms with Gasteiger partial charge in [-0.2, -0.15) is 5.10 Å². The minimum atomic E-state index is 0.109. The molecule has 0 saturated heterocycles. The van der Waals surface area contributed by atoms with Crippen LogP contribution in [0.2, 0.25) is 0 Å². The fourth-order valence-electron chi connectivity index (χ4n) is 1.85. The lowest BCUT2D eigenvalue weighted by Gasteiger charge is -2.12. The van der Waals surface area contributed by atoms with E-state index < -0.39 is 0 Å². The molecule has 0 bridgehead atoms. The van der Waals surface area contributed by atoms with E-state index in [1.54, 1.807) is 16.9 Å². The zero-order valence-corrected chi connectivity index (χ0v) is 9.19. The predicted octanol–water partition coefficient (Wildman–Crippen LogP) is 2.28. The molecule has 0 aliphatic rings. The fraction of sp³-hybridized carbons (Fsp3) is 0.364. The number of furan rings is 1. The number of anilines is 1. The average Bonchev–Trinajstić information content (AvgIpc) is 2.71. The standard InChI is InChI=1S/C11H15N3O/c1-7-6-10(9(3)15-7)8(2)14-11(12)4-5-13-14/h4-6,8H,12H2,1-3H3. The van der Waals surface area contributed by atoms with Crippen molar-refractivity contribution in [3.05, 3.63) is 35.4 Å². The van der Waals surface area contributed by atoms with Crippen LogP contribution in [0.25, 0.3) is 0 Å². The van der Waals surface area contributed by atoms with Crippen molar-refractivity contribution in [3.63, 3.8) is 0 Å². The molecule has 0 radical (unpaired) electrons. The van der Waals surface area contributed by atoms with Crippen LogP contribution in [0.4, 0.5) is 5.82 Å². The highest BCUT2D eigenvalue weighted by Crippen LogP contribution is 2.25. The van der Waals surface area contributed by atoms with Crippen LogP contribution >= 0.6 is 0 Å². The van der Waals surface area contributed by atoms with Gasteiger partial charge >= 0.3 is 0 Å². The summed E-state index contributed by atoms with van der Waals surface area (Å²) in [5.74, 6) is 2.51. The Morgan fingerprint density at radius 3 is 2.67 bits per heavy atom. The van der Waals surface area contributed by atoms with E-state index in [1.165, 1.54) is 0 Å². The van der Waals surface area contributed by atoms with Crippen LogP contribution in [0.3, 0.4) is 0 Å². The molecular formula is C11H15N3O. The van der Waals surface area contributed by atoms with Gasteiger partial charge in [0.2, 0.25) is 0 Å². The molecule has 4 nitrogen and oxygen atoms in total. The summed E-state index contributed by atoms with van der Waals surface area (Å²) in [5.41, 5.74) is 6.93. The molecule has 0 aliphatic heterocycles. The van der Waals surface area contributed by atoms with E-state index in [-0.39, 0.29) is 6.04 Å². The van der Waals surface area contributed by atoms with E-state index >= 15 is 0 Å². The minimum absolute atomic E-state index is 0.109. The second kappa shape index (κ2) is 3.46. The van der Waals surface area contributed by atoms with Crippen molar-refractivity contribution in [3.8, 4) is 0 Å². The van der Waals surface area contributed by atoms with Crippen LogP contribution in [0.1, 0.15) is 30.0 Å². The first-order valence-corrected chi connectivity index (χ1v) is 4.95. The van der Waals surface area contributed by atoms with E-state index in [4.69, 9.17) is 10.2 Å². The topological polar surface area (TPSA) is 57.0 Å². The Hall–Kier alpha value is -1.71. The Morgan fingerprint density at radius 1 is 1.47 bits per heavy atom.